The molecule has 31 heavy (non-hydrogen) atoms. The Morgan fingerprint density at radius 2 is 2.16 bits per heavy atom. The van der Waals surface area contributed by atoms with Gasteiger partial charge in [-0.25, -0.2) is 4.98 Å². The molecule has 5 rings (SSSR count). The molecule has 0 bridgehead atoms. The predicted octanol–water partition coefficient (Wildman–Crippen LogP) is 2.95. The van der Waals surface area contributed by atoms with E-state index in [2.05, 4.69) is 25.3 Å². The number of ether oxygens (including phenoxy) is 1. The molecule has 1 N–H and O–H groups in total. The van der Waals surface area contributed by atoms with E-state index < -0.39 is 0 Å². The normalized spacial score (nSPS) is 18.8. The Balaban J connectivity index is 1.40. The number of likely N-dealkylation sites (tertiary alicyclic amines) is 1. The van der Waals surface area contributed by atoms with Crippen molar-refractivity contribution in [1.29, 1.82) is 0 Å². The number of hydrogen-bond acceptors (Lipinski definition) is 7. The average Bonchev–Trinajstić information content (AvgIpc) is 3.41. The largest absolute Gasteiger partial charge is 0.378 e. The van der Waals surface area contributed by atoms with Gasteiger partial charge in [0, 0.05) is 31.1 Å². The molecular formula is C22H22N6O3. The highest BCUT2D eigenvalue weighted by Crippen LogP contribution is 2.34. The first-order chi connectivity index (χ1) is 15.0. The average molecular weight is 418 g/mol. The maximum Gasteiger partial charge on any atom is 0.274 e. The number of amides is 1. The first-order valence-corrected chi connectivity index (χ1v) is 9.96. The molecule has 1 amide bonds. The molecule has 2 atom stereocenters. The predicted molar refractivity (Wildman–Crippen MR) is 114 cm³/mol. The van der Waals surface area contributed by atoms with Crippen molar-refractivity contribution in [2.45, 2.75) is 19.1 Å². The molecule has 4 heterocycles. The number of carbonyl (C=O) groups excluding carboxylic acids is 1. The molecule has 158 valence electrons. The zero-order valence-corrected chi connectivity index (χ0v) is 17.4. The third-order valence-electron chi connectivity index (χ3n) is 5.69. The number of carbonyl (C=O) groups is 1. The summed E-state index contributed by atoms with van der Waals surface area (Å²) in [6.45, 7) is 2.75. The van der Waals surface area contributed by atoms with E-state index in [1.807, 2.05) is 56.6 Å². The molecule has 9 heteroatoms. The van der Waals surface area contributed by atoms with Gasteiger partial charge in [-0.3, -0.25) is 14.1 Å². The molecule has 1 saturated heterocycles. The van der Waals surface area contributed by atoms with Gasteiger partial charge >= 0.3 is 0 Å². The zero-order chi connectivity index (χ0) is 21.5. The fraction of sp³-hybridized carbons (Fsp3) is 0.273. The summed E-state index contributed by atoms with van der Waals surface area (Å²) in [7, 11) is 3.67. The minimum atomic E-state index is -0.244. The minimum Gasteiger partial charge on any atom is -0.378 e. The number of imidazole rings is 1. The zero-order valence-electron chi connectivity index (χ0n) is 17.4. The van der Waals surface area contributed by atoms with Crippen LogP contribution in [0.2, 0.25) is 0 Å². The van der Waals surface area contributed by atoms with Crippen molar-refractivity contribution in [3.05, 3.63) is 65.9 Å². The molecule has 1 aliphatic heterocycles. The van der Waals surface area contributed by atoms with Gasteiger partial charge in [0.25, 0.3) is 5.91 Å². The second kappa shape index (κ2) is 7.60. The van der Waals surface area contributed by atoms with Crippen LogP contribution in [0.4, 0.5) is 5.69 Å². The van der Waals surface area contributed by atoms with Gasteiger partial charge in [0.1, 0.15) is 17.4 Å². The van der Waals surface area contributed by atoms with Crippen LogP contribution >= 0.6 is 0 Å². The van der Waals surface area contributed by atoms with E-state index >= 15 is 0 Å². The summed E-state index contributed by atoms with van der Waals surface area (Å²) >= 11 is 0. The van der Waals surface area contributed by atoms with Crippen molar-refractivity contribution < 1.29 is 14.1 Å². The number of likely N-dealkylation sites (N-methyl/N-ethyl adjacent to an activating group) is 1. The molecule has 9 nitrogen and oxygen atoms in total. The summed E-state index contributed by atoms with van der Waals surface area (Å²) in [5, 5.41) is 7.11. The minimum absolute atomic E-state index is 0.0386. The number of methoxy groups -OCH3 is 1. The van der Waals surface area contributed by atoms with Crippen LogP contribution in [0.15, 0.2) is 53.3 Å². The number of anilines is 1. The Labute approximate surface area is 178 Å². The molecular weight excluding hydrogens is 396 g/mol. The molecule has 0 aliphatic carbocycles. The Morgan fingerprint density at radius 1 is 1.29 bits per heavy atom. The third kappa shape index (κ3) is 3.37. The summed E-state index contributed by atoms with van der Waals surface area (Å²) in [5.74, 6) is 0.745. The van der Waals surface area contributed by atoms with E-state index in [9.17, 15) is 4.79 Å². The monoisotopic (exact) mass is 418 g/mol. The fourth-order valence-electron chi connectivity index (χ4n) is 3.85. The SMILES string of the molecule is COC1CN(C)C1c1nc(-c2ccc(C)c(NC(=O)c3cnc4ccccn34)c2)no1. The molecule has 4 aromatic rings. The van der Waals surface area contributed by atoms with Gasteiger partial charge in [-0.1, -0.05) is 23.4 Å². The van der Waals surface area contributed by atoms with Crippen LogP contribution < -0.4 is 5.32 Å². The summed E-state index contributed by atoms with van der Waals surface area (Å²) in [6, 6.07) is 11.2. The number of aryl methyl sites for hydroxylation is 1. The highest BCUT2D eigenvalue weighted by molar-refractivity contribution is 6.04. The van der Waals surface area contributed by atoms with Gasteiger partial charge in [0.2, 0.25) is 11.7 Å². The van der Waals surface area contributed by atoms with Crippen LogP contribution in [0, 0.1) is 6.92 Å². The quantitative estimate of drug-likeness (QED) is 0.532. The van der Waals surface area contributed by atoms with Gasteiger partial charge in [-0.15, -0.1) is 0 Å². The Kier molecular flexibility index (Phi) is 4.76. The van der Waals surface area contributed by atoms with E-state index in [1.165, 1.54) is 0 Å². The van der Waals surface area contributed by atoms with E-state index in [0.717, 1.165) is 17.7 Å². The third-order valence-corrected chi connectivity index (χ3v) is 5.69. The standard InChI is InChI=1S/C22H22N6O3/c1-13-7-8-14(20-25-22(31-26-20)19-17(30-3)12-27(19)2)10-15(13)24-21(29)16-11-23-18-6-4-5-9-28(16)18/h4-11,17,19H,12H2,1-3H3,(H,24,29). The molecule has 1 aromatic carbocycles. The highest BCUT2D eigenvalue weighted by Gasteiger charge is 2.41. The lowest BCUT2D eigenvalue weighted by Gasteiger charge is -2.42. The highest BCUT2D eigenvalue weighted by atomic mass is 16.5. The lowest BCUT2D eigenvalue weighted by molar-refractivity contribution is -0.0846. The second-order valence-electron chi connectivity index (χ2n) is 7.67. The van der Waals surface area contributed by atoms with E-state index in [-0.39, 0.29) is 18.1 Å². The van der Waals surface area contributed by atoms with E-state index in [1.54, 1.807) is 17.7 Å². The van der Waals surface area contributed by atoms with Crippen molar-refractivity contribution in [3.8, 4) is 11.4 Å². The van der Waals surface area contributed by atoms with Gasteiger partial charge in [0.05, 0.1) is 12.3 Å². The van der Waals surface area contributed by atoms with Crippen LogP contribution in [-0.4, -0.2) is 57.1 Å². The number of nitrogens with zero attached hydrogens (tertiary/aromatic N) is 5. The Morgan fingerprint density at radius 3 is 2.97 bits per heavy atom. The molecule has 1 fully saturated rings. The molecule has 3 aromatic heterocycles. The number of aromatic nitrogens is 4. The Hall–Kier alpha value is -3.56. The van der Waals surface area contributed by atoms with Gasteiger partial charge in [-0.2, -0.15) is 4.98 Å². The maximum absolute atomic E-state index is 12.9. The summed E-state index contributed by atoms with van der Waals surface area (Å²) in [5.41, 5.74) is 3.53. The lowest BCUT2D eigenvalue weighted by atomic mass is 10.0. The molecule has 0 saturated carbocycles. The fourth-order valence-corrected chi connectivity index (χ4v) is 3.85. The number of hydrogen-bond donors (Lipinski definition) is 1. The van der Waals surface area contributed by atoms with E-state index in [4.69, 9.17) is 9.26 Å². The van der Waals surface area contributed by atoms with Gasteiger partial charge in [0.15, 0.2) is 0 Å². The van der Waals surface area contributed by atoms with Crippen LogP contribution in [0.1, 0.15) is 28.0 Å². The number of nitrogens with one attached hydrogen (secondary N) is 1. The Bertz CT molecular complexity index is 1260. The van der Waals surface area contributed by atoms with Crippen LogP contribution in [0.25, 0.3) is 17.0 Å². The van der Waals surface area contributed by atoms with Crippen LogP contribution in [0.3, 0.4) is 0 Å². The number of benzene rings is 1. The smallest absolute Gasteiger partial charge is 0.274 e. The number of fused-ring (bicyclic) bond motifs is 1. The first-order valence-electron chi connectivity index (χ1n) is 9.96. The van der Waals surface area contributed by atoms with Crippen LogP contribution in [-0.2, 0) is 4.74 Å². The van der Waals surface area contributed by atoms with Crippen LogP contribution in [0.5, 0.6) is 0 Å². The van der Waals surface area contributed by atoms with Gasteiger partial charge < -0.3 is 14.6 Å². The molecule has 2 unspecified atom stereocenters. The lowest BCUT2D eigenvalue weighted by Crippen LogP contribution is -2.52. The topological polar surface area (TPSA) is 97.8 Å². The maximum atomic E-state index is 12.9. The molecule has 0 spiro atoms. The molecule has 1 aliphatic rings. The summed E-state index contributed by atoms with van der Waals surface area (Å²) < 4.78 is 12.7. The number of pyridine rings is 1. The van der Waals surface area contributed by atoms with Crippen molar-refractivity contribution in [2.24, 2.45) is 0 Å². The van der Waals surface area contributed by atoms with Gasteiger partial charge in [-0.05, 0) is 37.7 Å². The summed E-state index contributed by atoms with van der Waals surface area (Å²) in [6.07, 6.45) is 3.42. The van der Waals surface area contributed by atoms with Crippen molar-refractivity contribution >= 4 is 17.2 Å². The van der Waals surface area contributed by atoms with Crippen molar-refractivity contribution in [3.63, 3.8) is 0 Å². The number of rotatable bonds is 5. The van der Waals surface area contributed by atoms with Crippen molar-refractivity contribution in [1.82, 2.24) is 24.4 Å². The second-order valence-corrected chi connectivity index (χ2v) is 7.67. The first kappa shape index (κ1) is 19.4. The van der Waals surface area contributed by atoms with E-state index in [0.29, 0.717) is 28.7 Å². The van der Waals surface area contributed by atoms with Crippen molar-refractivity contribution in [2.75, 3.05) is 26.0 Å². The summed E-state index contributed by atoms with van der Waals surface area (Å²) in [4.78, 5) is 23.8. The molecule has 0 radical (unpaired) electrons.